The second-order valence-corrected chi connectivity index (χ2v) is 3.12. The summed E-state index contributed by atoms with van der Waals surface area (Å²) in [6.07, 6.45) is -4.94. The van der Waals surface area contributed by atoms with Crippen LogP contribution in [-0.2, 0) is 4.79 Å². The maximum absolute atomic E-state index is 11.9. The molecule has 0 aliphatic carbocycles. The molecule has 0 heterocycles. The lowest BCUT2D eigenvalue weighted by Crippen LogP contribution is -2.30. The molecule has 0 aliphatic rings. The van der Waals surface area contributed by atoms with E-state index in [4.69, 9.17) is 17.3 Å². The molecule has 3 nitrogen and oxygen atoms in total. The van der Waals surface area contributed by atoms with E-state index in [1.807, 2.05) is 0 Å². The van der Waals surface area contributed by atoms with Gasteiger partial charge in [0, 0.05) is 5.02 Å². The van der Waals surface area contributed by atoms with Crippen LogP contribution < -0.4 is 11.1 Å². The monoisotopic (exact) mass is 238 g/mol. The molecule has 0 saturated carbocycles. The third kappa shape index (κ3) is 3.02. The van der Waals surface area contributed by atoms with E-state index >= 15 is 0 Å². The smallest absolute Gasteiger partial charge is 0.397 e. The largest absolute Gasteiger partial charge is 0.471 e. The molecule has 0 radical (unpaired) electrons. The van der Waals surface area contributed by atoms with Crippen molar-refractivity contribution < 1.29 is 18.0 Å². The van der Waals surface area contributed by atoms with Crippen LogP contribution in [-0.4, -0.2) is 12.1 Å². The van der Waals surface area contributed by atoms with E-state index < -0.39 is 12.1 Å². The summed E-state index contributed by atoms with van der Waals surface area (Å²) >= 11 is 5.53. The van der Waals surface area contributed by atoms with Crippen molar-refractivity contribution in [2.45, 2.75) is 6.18 Å². The van der Waals surface area contributed by atoms with Crippen molar-refractivity contribution in [3.8, 4) is 0 Å². The predicted molar refractivity (Wildman–Crippen MR) is 50.5 cm³/mol. The summed E-state index contributed by atoms with van der Waals surface area (Å²) in [5.41, 5.74) is 5.20. The van der Waals surface area contributed by atoms with Crippen LogP contribution >= 0.6 is 11.6 Å². The molecule has 82 valence electrons. The molecule has 1 amide bonds. The number of amides is 1. The lowest BCUT2D eigenvalue weighted by molar-refractivity contribution is -0.167. The van der Waals surface area contributed by atoms with E-state index in [9.17, 15) is 18.0 Å². The molecule has 1 aromatic carbocycles. The van der Waals surface area contributed by atoms with Crippen LogP contribution in [0.15, 0.2) is 18.2 Å². The first kappa shape index (κ1) is 11.6. The number of nitrogens with two attached hydrogens (primary N) is 1. The average molecular weight is 239 g/mol. The summed E-state index contributed by atoms with van der Waals surface area (Å²) in [5.74, 6) is -2.07. The van der Waals surface area contributed by atoms with Crippen LogP contribution in [0.3, 0.4) is 0 Å². The second kappa shape index (κ2) is 3.98. The van der Waals surface area contributed by atoms with Gasteiger partial charge in [0.1, 0.15) is 0 Å². The molecule has 0 aromatic heterocycles. The van der Waals surface area contributed by atoms with Gasteiger partial charge in [0.15, 0.2) is 0 Å². The van der Waals surface area contributed by atoms with E-state index in [1.165, 1.54) is 18.2 Å². The minimum atomic E-state index is -4.94. The van der Waals surface area contributed by atoms with E-state index in [2.05, 4.69) is 0 Å². The van der Waals surface area contributed by atoms with Gasteiger partial charge in [-0.1, -0.05) is 11.6 Å². The number of rotatable bonds is 1. The molecule has 1 rings (SSSR count). The molecule has 0 fully saturated rings. The zero-order chi connectivity index (χ0) is 11.6. The zero-order valence-electron chi connectivity index (χ0n) is 7.23. The normalized spacial score (nSPS) is 11.2. The number of hydrogen-bond donors (Lipinski definition) is 2. The first-order valence-corrected chi connectivity index (χ1v) is 4.11. The van der Waals surface area contributed by atoms with Gasteiger partial charge in [0.05, 0.1) is 11.4 Å². The van der Waals surface area contributed by atoms with Gasteiger partial charge in [-0.2, -0.15) is 13.2 Å². The first-order chi connectivity index (χ1) is 6.80. The highest BCUT2D eigenvalue weighted by atomic mass is 35.5. The number of carbonyl (C=O) groups is 1. The molecule has 0 atom stereocenters. The minimum absolute atomic E-state index is 0.0277. The molecule has 3 N–H and O–H groups in total. The van der Waals surface area contributed by atoms with Crippen molar-refractivity contribution in [3.05, 3.63) is 23.2 Å². The van der Waals surface area contributed by atoms with Gasteiger partial charge in [-0.05, 0) is 18.2 Å². The Morgan fingerprint density at radius 2 is 2.00 bits per heavy atom. The maximum Gasteiger partial charge on any atom is 0.471 e. The van der Waals surface area contributed by atoms with E-state index in [0.29, 0.717) is 0 Å². The molecule has 0 aliphatic heterocycles. The molecule has 0 spiro atoms. The Hall–Kier alpha value is -1.43. The number of alkyl halides is 3. The highest BCUT2D eigenvalue weighted by molar-refractivity contribution is 6.31. The molecular formula is C8H6ClF3N2O. The molecule has 0 unspecified atom stereocenters. The SMILES string of the molecule is Nc1cc(Cl)ccc1NC(=O)C(F)(F)F. The summed E-state index contributed by atoms with van der Waals surface area (Å²) in [7, 11) is 0. The first-order valence-electron chi connectivity index (χ1n) is 3.74. The van der Waals surface area contributed by atoms with Crippen LogP contribution in [0.5, 0.6) is 0 Å². The molecule has 15 heavy (non-hydrogen) atoms. The van der Waals surface area contributed by atoms with Crippen molar-refractivity contribution in [2.24, 2.45) is 0 Å². The Kier molecular flexibility index (Phi) is 3.09. The Bertz CT molecular complexity index is 392. The average Bonchev–Trinajstić information content (AvgIpc) is 2.08. The molecule has 0 saturated heterocycles. The summed E-state index contributed by atoms with van der Waals surface area (Å²) in [6.45, 7) is 0. The number of benzene rings is 1. The molecule has 0 bridgehead atoms. The van der Waals surface area contributed by atoms with Crippen LogP contribution in [0, 0.1) is 0 Å². The van der Waals surface area contributed by atoms with Gasteiger partial charge in [0.25, 0.3) is 0 Å². The number of anilines is 2. The molecule has 1 aromatic rings. The summed E-state index contributed by atoms with van der Waals surface area (Å²) in [5, 5.41) is 1.91. The predicted octanol–water partition coefficient (Wildman–Crippen LogP) is 2.42. The van der Waals surface area contributed by atoms with Crippen LogP contribution in [0.2, 0.25) is 5.02 Å². The highest BCUT2D eigenvalue weighted by Crippen LogP contribution is 2.25. The third-order valence-electron chi connectivity index (χ3n) is 1.52. The Labute approximate surface area is 88.0 Å². The summed E-state index contributed by atoms with van der Waals surface area (Å²) in [6, 6.07) is 3.76. The summed E-state index contributed by atoms with van der Waals surface area (Å²) < 4.78 is 35.6. The fraction of sp³-hybridized carbons (Fsp3) is 0.125. The topological polar surface area (TPSA) is 55.1 Å². The van der Waals surface area contributed by atoms with Gasteiger partial charge in [-0.3, -0.25) is 4.79 Å². The fourth-order valence-electron chi connectivity index (χ4n) is 0.841. The van der Waals surface area contributed by atoms with Gasteiger partial charge in [-0.15, -0.1) is 0 Å². The second-order valence-electron chi connectivity index (χ2n) is 2.68. The van der Waals surface area contributed by atoms with Crippen molar-refractivity contribution in [2.75, 3.05) is 11.1 Å². The van der Waals surface area contributed by atoms with Gasteiger partial charge < -0.3 is 11.1 Å². The van der Waals surface area contributed by atoms with Crippen molar-refractivity contribution in [1.29, 1.82) is 0 Å². The van der Waals surface area contributed by atoms with Crippen molar-refractivity contribution >= 4 is 28.9 Å². The number of nitrogen functional groups attached to an aromatic ring is 1. The standard InChI is InChI=1S/C8H6ClF3N2O/c9-4-1-2-6(5(13)3-4)14-7(15)8(10,11)12/h1-3H,13H2,(H,14,15). The van der Waals surface area contributed by atoms with E-state index in [1.54, 1.807) is 5.32 Å². The van der Waals surface area contributed by atoms with Gasteiger partial charge >= 0.3 is 12.1 Å². The highest BCUT2D eigenvalue weighted by Gasteiger charge is 2.38. The van der Waals surface area contributed by atoms with E-state index in [0.717, 1.165) is 0 Å². The quantitative estimate of drug-likeness (QED) is 0.739. The third-order valence-corrected chi connectivity index (χ3v) is 1.75. The van der Waals surface area contributed by atoms with Crippen LogP contribution in [0.25, 0.3) is 0 Å². The lowest BCUT2D eigenvalue weighted by Gasteiger charge is -2.09. The molecule has 7 heteroatoms. The maximum atomic E-state index is 11.9. The van der Waals surface area contributed by atoms with Crippen molar-refractivity contribution in [3.63, 3.8) is 0 Å². The molecular weight excluding hydrogens is 233 g/mol. The van der Waals surface area contributed by atoms with Crippen LogP contribution in [0.4, 0.5) is 24.5 Å². The van der Waals surface area contributed by atoms with Gasteiger partial charge in [0.2, 0.25) is 0 Å². The Morgan fingerprint density at radius 3 is 2.47 bits per heavy atom. The summed E-state index contributed by atoms with van der Waals surface area (Å²) in [4.78, 5) is 10.5. The number of carbonyl (C=O) groups excluding carboxylic acids is 1. The number of nitrogens with one attached hydrogen (secondary N) is 1. The number of hydrogen-bond acceptors (Lipinski definition) is 2. The van der Waals surface area contributed by atoms with E-state index in [-0.39, 0.29) is 16.4 Å². The van der Waals surface area contributed by atoms with Crippen molar-refractivity contribution in [1.82, 2.24) is 0 Å². The zero-order valence-corrected chi connectivity index (χ0v) is 7.99. The Balaban J connectivity index is 2.87. The van der Waals surface area contributed by atoms with Gasteiger partial charge in [-0.25, -0.2) is 0 Å². The minimum Gasteiger partial charge on any atom is -0.397 e. The lowest BCUT2D eigenvalue weighted by atomic mass is 10.2. The van der Waals surface area contributed by atoms with Crippen LogP contribution in [0.1, 0.15) is 0 Å². The number of halogens is 4. The fourth-order valence-corrected chi connectivity index (χ4v) is 1.02. The Morgan fingerprint density at radius 1 is 1.40 bits per heavy atom.